The lowest BCUT2D eigenvalue weighted by molar-refractivity contribution is 0.00578. The van der Waals surface area contributed by atoms with Gasteiger partial charge in [-0.25, -0.2) is 4.39 Å². The van der Waals surface area contributed by atoms with Crippen molar-refractivity contribution in [3.05, 3.63) is 40.6 Å². The van der Waals surface area contributed by atoms with Crippen molar-refractivity contribution in [2.24, 2.45) is 0 Å². The molecule has 0 unspecified atom stereocenters. The molecule has 1 aliphatic heterocycles. The summed E-state index contributed by atoms with van der Waals surface area (Å²) in [6, 6.07) is 6.91. The predicted molar refractivity (Wildman–Crippen MR) is 76.6 cm³/mol. The van der Waals surface area contributed by atoms with Crippen molar-refractivity contribution in [2.75, 3.05) is 0 Å². The Balaban J connectivity index is 2.17. The highest BCUT2D eigenvalue weighted by molar-refractivity contribution is 6.54. The van der Waals surface area contributed by atoms with Crippen LogP contribution in [0.4, 0.5) is 4.39 Å². The van der Waals surface area contributed by atoms with Crippen molar-refractivity contribution >= 4 is 24.8 Å². The molecule has 2 nitrogen and oxygen atoms in total. The molecule has 5 heteroatoms. The topological polar surface area (TPSA) is 18.5 Å². The van der Waals surface area contributed by atoms with Crippen molar-refractivity contribution in [3.63, 3.8) is 0 Å². The third kappa shape index (κ3) is 3.02. The van der Waals surface area contributed by atoms with Crippen LogP contribution in [0, 0.1) is 0 Å². The average molecular weight is 283 g/mol. The molecule has 0 N–H and O–H groups in total. The molecule has 0 aromatic heterocycles. The first-order valence-corrected chi connectivity index (χ1v) is 6.57. The fourth-order valence-corrected chi connectivity index (χ4v) is 1.87. The van der Waals surface area contributed by atoms with E-state index in [0.717, 1.165) is 5.56 Å². The van der Waals surface area contributed by atoms with Crippen molar-refractivity contribution < 1.29 is 13.7 Å². The molecule has 0 aliphatic carbocycles. The summed E-state index contributed by atoms with van der Waals surface area (Å²) >= 11 is 5.79. The second-order valence-electron chi connectivity index (χ2n) is 5.67. The Labute approximate surface area is 118 Å². The van der Waals surface area contributed by atoms with Crippen LogP contribution in [0.3, 0.4) is 0 Å². The van der Waals surface area contributed by atoms with Crippen molar-refractivity contribution in [2.45, 2.75) is 38.9 Å². The fraction of sp³-hybridized carbons (Fsp3) is 0.429. The van der Waals surface area contributed by atoms with Gasteiger partial charge >= 0.3 is 7.12 Å². The highest BCUT2D eigenvalue weighted by Gasteiger charge is 2.52. The minimum absolute atomic E-state index is 0.444. The lowest BCUT2D eigenvalue weighted by Gasteiger charge is -2.32. The van der Waals surface area contributed by atoms with E-state index in [-0.39, 0.29) is 0 Å². The molecule has 102 valence electrons. The summed E-state index contributed by atoms with van der Waals surface area (Å²) in [7, 11) is -0.958. The first-order valence-electron chi connectivity index (χ1n) is 6.20. The molecule has 1 aromatic carbocycles. The van der Waals surface area contributed by atoms with Crippen molar-refractivity contribution in [1.82, 2.24) is 0 Å². The zero-order valence-corrected chi connectivity index (χ0v) is 12.3. The van der Waals surface area contributed by atoms with Gasteiger partial charge in [-0.05, 0) is 51.5 Å². The molecule has 0 amide bonds. The summed E-state index contributed by atoms with van der Waals surface area (Å²) in [5.74, 6) is 0. The monoisotopic (exact) mass is 282 g/mol. The summed E-state index contributed by atoms with van der Waals surface area (Å²) in [6.07, 6.45) is 1.40. The van der Waals surface area contributed by atoms with Crippen molar-refractivity contribution in [3.8, 4) is 0 Å². The Morgan fingerprint density at radius 3 is 2.05 bits per heavy atom. The van der Waals surface area contributed by atoms with Crippen LogP contribution in [0.1, 0.15) is 33.3 Å². The Kier molecular flexibility index (Phi) is 3.78. The van der Waals surface area contributed by atoms with Crippen molar-refractivity contribution in [1.29, 1.82) is 0 Å². The molecule has 1 fully saturated rings. The number of halogens is 2. The first-order chi connectivity index (χ1) is 8.71. The minimum atomic E-state index is -0.958. The van der Waals surface area contributed by atoms with Gasteiger partial charge in [-0.2, -0.15) is 0 Å². The summed E-state index contributed by atoms with van der Waals surface area (Å²) in [5.41, 5.74) is -0.802. The van der Waals surface area contributed by atoms with Gasteiger partial charge < -0.3 is 9.31 Å². The zero-order valence-electron chi connectivity index (χ0n) is 11.5. The molecule has 1 heterocycles. The van der Waals surface area contributed by atoms with E-state index in [1.54, 1.807) is 24.3 Å². The van der Waals surface area contributed by atoms with Crippen LogP contribution < -0.4 is 0 Å². The van der Waals surface area contributed by atoms with E-state index in [1.807, 2.05) is 27.7 Å². The minimum Gasteiger partial charge on any atom is -0.398 e. The van der Waals surface area contributed by atoms with Crippen LogP contribution in [0.5, 0.6) is 0 Å². The Morgan fingerprint density at radius 1 is 1.11 bits per heavy atom. The van der Waals surface area contributed by atoms with Gasteiger partial charge in [0.2, 0.25) is 0 Å². The SMILES string of the molecule is CC1(C)OB(C(F)=Cc2ccc(Cl)cc2)OC1(C)C. The molecule has 0 saturated carbocycles. The fourth-order valence-electron chi connectivity index (χ4n) is 1.74. The number of hydrogen-bond donors (Lipinski definition) is 0. The smallest absolute Gasteiger partial charge is 0.398 e. The second kappa shape index (κ2) is 4.93. The standard InChI is InChI=1S/C14H17BClFO2/c1-13(2)14(3,4)19-15(18-13)12(17)9-10-5-7-11(16)8-6-10/h5-9H,1-4H3. The van der Waals surface area contributed by atoms with Crippen LogP contribution in [0.15, 0.2) is 30.0 Å². The Morgan fingerprint density at radius 2 is 1.58 bits per heavy atom. The summed E-state index contributed by atoms with van der Waals surface area (Å²) in [4.78, 5) is 0. The zero-order chi connectivity index (χ0) is 14.3. The van der Waals surface area contributed by atoms with Gasteiger partial charge in [-0.3, -0.25) is 0 Å². The maximum atomic E-state index is 14.2. The molecule has 1 aliphatic rings. The third-order valence-electron chi connectivity index (χ3n) is 3.65. The quantitative estimate of drug-likeness (QED) is 0.754. The largest absolute Gasteiger partial charge is 0.525 e. The van der Waals surface area contributed by atoms with E-state index in [2.05, 4.69) is 0 Å². The lowest BCUT2D eigenvalue weighted by atomic mass is 9.87. The predicted octanol–water partition coefficient (Wildman–Crippen LogP) is 4.28. The lowest BCUT2D eigenvalue weighted by Crippen LogP contribution is -2.41. The summed E-state index contributed by atoms with van der Waals surface area (Å²) in [6.45, 7) is 7.57. The average Bonchev–Trinajstić information content (AvgIpc) is 2.51. The van der Waals surface area contributed by atoms with Gasteiger partial charge in [0.1, 0.15) is 5.73 Å². The maximum Gasteiger partial charge on any atom is 0.525 e. The summed E-state index contributed by atoms with van der Waals surface area (Å²) in [5, 5.41) is 0.619. The van der Waals surface area contributed by atoms with E-state index < -0.39 is 24.0 Å². The van der Waals surface area contributed by atoms with Gasteiger partial charge in [-0.1, -0.05) is 23.7 Å². The van der Waals surface area contributed by atoms with E-state index in [1.165, 1.54) is 6.08 Å². The Bertz CT molecular complexity index is 481. The van der Waals surface area contributed by atoms with E-state index in [4.69, 9.17) is 20.9 Å². The van der Waals surface area contributed by atoms with Crippen LogP contribution in [0.2, 0.25) is 5.02 Å². The van der Waals surface area contributed by atoms with Gasteiger partial charge in [-0.15, -0.1) is 0 Å². The second-order valence-corrected chi connectivity index (χ2v) is 6.11. The first kappa shape index (κ1) is 14.6. The maximum absolute atomic E-state index is 14.2. The number of rotatable bonds is 2. The molecule has 0 radical (unpaired) electrons. The molecule has 19 heavy (non-hydrogen) atoms. The number of benzene rings is 1. The third-order valence-corrected chi connectivity index (χ3v) is 3.90. The van der Waals surface area contributed by atoms with E-state index >= 15 is 0 Å². The van der Waals surface area contributed by atoms with Gasteiger partial charge in [0, 0.05) is 5.02 Å². The molecular weight excluding hydrogens is 265 g/mol. The van der Waals surface area contributed by atoms with Gasteiger partial charge in [0.15, 0.2) is 0 Å². The molecule has 0 spiro atoms. The van der Waals surface area contributed by atoms with Crippen LogP contribution in [0.25, 0.3) is 6.08 Å². The highest BCUT2D eigenvalue weighted by Crippen LogP contribution is 2.39. The van der Waals surface area contributed by atoms with Gasteiger partial charge in [0.05, 0.1) is 11.2 Å². The molecule has 0 bridgehead atoms. The van der Waals surface area contributed by atoms with Crippen LogP contribution in [-0.4, -0.2) is 18.3 Å². The normalized spacial score (nSPS) is 21.8. The molecule has 1 aromatic rings. The molecule has 2 rings (SSSR count). The van der Waals surface area contributed by atoms with E-state index in [9.17, 15) is 4.39 Å². The van der Waals surface area contributed by atoms with Gasteiger partial charge in [0.25, 0.3) is 0 Å². The number of hydrogen-bond acceptors (Lipinski definition) is 2. The van der Waals surface area contributed by atoms with E-state index in [0.29, 0.717) is 5.02 Å². The molecular formula is C14H17BClFO2. The summed E-state index contributed by atoms with van der Waals surface area (Å²) < 4.78 is 25.4. The Hall–Kier alpha value is -0.835. The highest BCUT2D eigenvalue weighted by atomic mass is 35.5. The van der Waals surface area contributed by atoms with Crippen LogP contribution >= 0.6 is 11.6 Å². The molecule has 0 atom stereocenters. The van der Waals surface area contributed by atoms with Crippen LogP contribution in [-0.2, 0) is 9.31 Å². The molecule has 1 saturated heterocycles.